The van der Waals surface area contributed by atoms with Crippen molar-refractivity contribution in [2.24, 2.45) is 11.7 Å². The third-order valence-corrected chi connectivity index (χ3v) is 5.56. The Balaban J connectivity index is 2.00. The van der Waals surface area contributed by atoms with E-state index in [9.17, 15) is 4.79 Å². The zero-order valence-electron chi connectivity index (χ0n) is 20.3. The molecule has 1 atom stereocenters. The Labute approximate surface area is 199 Å². The van der Waals surface area contributed by atoms with Crippen LogP contribution >= 0.6 is 0 Å². The number of anilines is 1. The first kappa shape index (κ1) is 24.9. The van der Waals surface area contributed by atoms with Crippen LogP contribution in [0.15, 0.2) is 41.1 Å². The molecule has 0 spiro atoms. The van der Waals surface area contributed by atoms with Gasteiger partial charge in [0.2, 0.25) is 11.7 Å². The van der Waals surface area contributed by atoms with Crippen molar-refractivity contribution in [1.29, 1.82) is 0 Å². The summed E-state index contributed by atoms with van der Waals surface area (Å²) in [6.07, 6.45) is 1.82. The van der Waals surface area contributed by atoms with E-state index in [0.717, 1.165) is 5.56 Å². The van der Waals surface area contributed by atoms with E-state index in [2.05, 4.69) is 10.5 Å². The molecule has 0 saturated carbocycles. The van der Waals surface area contributed by atoms with Gasteiger partial charge in [-0.05, 0) is 35.7 Å². The van der Waals surface area contributed by atoms with Gasteiger partial charge in [-0.1, -0.05) is 25.1 Å². The third kappa shape index (κ3) is 5.26. The average Bonchev–Trinajstić information content (AvgIpc) is 3.32. The molecule has 3 aromatic rings. The summed E-state index contributed by atoms with van der Waals surface area (Å²) in [5.41, 5.74) is 8.76. The van der Waals surface area contributed by atoms with Crippen LogP contribution < -0.4 is 30.0 Å². The quantitative estimate of drug-likeness (QED) is 0.450. The molecule has 9 nitrogen and oxygen atoms in total. The van der Waals surface area contributed by atoms with Crippen LogP contribution in [0.1, 0.15) is 20.3 Å². The maximum atomic E-state index is 12.6. The van der Waals surface area contributed by atoms with E-state index in [1.54, 1.807) is 52.8 Å². The Hall–Kier alpha value is -3.72. The van der Waals surface area contributed by atoms with Gasteiger partial charge in [-0.25, -0.2) is 0 Å². The molecular weight excluding hydrogens is 438 g/mol. The Bertz CT molecular complexity index is 1120. The summed E-state index contributed by atoms with van der Waals surface area (Å²) in [4.78, 5) is 12.6. The van der Waals surface area contributed by atoms with Crippen molar-refractivity contribution in [3.63, 3.8) is 0 Å². The molecular formula is C25H31N3O6. The molecule has 1 unspecified atom stereocenters. The number of aromatic nitrogens is 1. The molecule has 2 aromatic carbocycles. The van der Waals surface area contributed by atoms with Crippen LogP contribution in [-0.4, -0.2) is 45.5 Å². The molecule has 1 aromatic heterocycles. The predicted molar refractivity (Wildman–Crippen MR) is 130 cm³/mol. The van der Waals surface area contributed by atoms with Crippen molar-refractivity contribution in [2.75, 3.05) is 33.8 Å². The summed E-state index contributed by atoms with van der Waals surface area (Å²) in [6, 6.07) is 8.78. The number of carbonyl (C=O) groups excluding carboxylic acids is 1. The fraction of sp³-hybridized carbons (Fsp3) is 0.360. The van der Waals surface area contributed by atoms with Crippen molar-refractivity contribution < 1.29 is 28.3 Å². The van der Waals surface area contributed by atoms with Crippen LogP contribution in [0, 0.1) is 5.92 Å². The Morgan fingerprint density at radius 3 is 2.18 bits per heavy atom. The van der Waals surface area contributed by atoms with Gasteiger partial charge in [0, 0.05) is 23.6 Å². The molecule has 3 rings (SSSR count). The van der Waals surface area contributed by atoms with Crippen molar-refractivity contribution in [2.45, 2.75) is 26.3 Å². The summed E-state index contributed by atoms with van der Waals surface area (Å²) in [5.74, 6) is 2.49. The second-order valence-electron chi connectivity index (χ2n) is 8.06. The second kappa shape index (κ2) is 10.9. The van der Waals surface area contributed by atoms with Crippen molar-refractivity contribution in [3.05, 3.63) is 36.5 Å². The summed E-state index contributed by atoms with van der Waals surface area (Å²) >= 11 is 0. The van der Waals surface area contributed by atoms with E-state index in [1.165, 1.54) is 0 Å². The maximum absolute atomic E-state index is 12.6. The fourth-order valence-corrected chi connectivity index (χ4v) is 3.49. The number of ether oxygens (including phenoxy) is 4. The second-order valence-corrected chi connectivity index (χ2v) is 8.06. The zero-order chi connectivity index (χ0) is 24.8. The van der Waals surface area contributed by atoms with Gasteiger partial charge in [0.05, 0.1) is 40.3 Å². The zero-order valence-corrected chi connectivity index (χ0v) is 20.3. The van der Waals surface area contributed by atoms with Gasteiger partial charge >= 0.3 is 0 Å². The molecule has 1 heterocycles. The number of nitrogens with zero attached hydrogens (tertiary/aromatic N) is 1. The highest BCUT2D eigenvalue weighted by Crippen LogP contribution is 2.44. The Morgan fingerprint density at radius 1 is 0.971 bits per heavy atom. The number of rotatable bonds is 10. The largest absolute Gasteiger partial charge is 0.495 e. The topological polar surface area (TPSA) is 118 Å². The van der Waals surface area contributed by atoms with Gasteiger partial charge in [-0.2, -0.15) is 0 Å². The lowest BCUT2D eigenvalue weighted by Gasteiger charge is -2.17. The average molecular weight is 470 g/mol. The van der Waals surface area contributed by atoms with E-state index in [-0.39, 0.29) is 24.3 Å². The predicted octanol–water partition coefficient (Wildman–Crippen LogP) is 4.35. The molecule has 0 fully saturated rings. The first-order valence-electron chi connectivity index (χ1n) is 10.8. The van der Waals surface area contributed by atoms with Gasteiger partial charge in [0.1, 0.15) is 5.75 Å². The number of nitrogens with two attached hydrogens (primary N) is 1. The fourth-order valence-electron chi connectivity index (χ4n) is 3.49. The van der Waals surface area contributed by atoms with Crippen molar-refractivity contribution in [1.82, 2.24) is 5.16 Å². The Kier molecular flexibility index (Phi) is 8.01. The van der Waals surface area contributed by atoms with Crippen LogP contribution in [0.4, 0.5) is 5.69 Å². The molecule has 1 amide bonds. The standard InChI is InChI=1S/C25H31N3O6/c1-14(2)18(26)12-23(29)28-19-9-15(7-8-20(19)30-3)17-13-27-34-24(17)16-10-21(31-4)25(33-6)22(11-16)32-5/h7-11,13-14,18H,12,26H2,1-6H3,(H,28,29). The van der Waals surface area contributed by atoms with E-state index < -0.39 is 0 Å². The molecule has 0 radical (unpaired) electrons. The van der Waals surface area contributed by atoms with Gasteiger partial charge in [0.25, 0.3) is 0 Å². The number of carbonyl (C=O) groups is 1. The number of hydrogen-bond donors (Lipinski definition) is 2. The van der Waals surface area contributed by atoms with Crippen molar-refractivity contribution >= 4 is 11.6 Å². The van der Waals surface area contributed by atoms with Crippen LogP contribution in [0.25, 0.3) is 22.5 Å². The minimum Gasteiger partial charge on any atom is -0.495 e. The molecule has 0 aliphatic heterocycles. The smallest absolute Gasteiger partial charge is 0.226 e. The first-order chi connectivity index (χ1) is 16.3. The number of amides is 1. The number of nitrogens with one attached hydrogen (secondary N) is 1. The van der Waals surface area contributed by atoms with E-state index in [0.29, 0.717) is 45.6 Å². The molecule has 9 heteroatoms. The molecule has 0 saturated heterocycles. The maximum Gasteiger partial charge on any atom is 0.226 e. The lowest BCUT2D eigenvalue weighted by Crippen LogP contribution is -2.31. The minimum absolute atomic E-state index is 0.188. The molecule has 0 bridgehead atoms. The summed E-state index contributed by atoms with van der Waals surface area (Å²) in [7, 11) is 6.18. The highest BCUT2D eigenvalue weighted by atomic mass is 16.5. The van der Waals surface area contributed by atoms with E-state index in [1.807, 2.05) is 26.0 Å². The molecule has 3 N–H and O–H groups in total. The molecule has 182 valence electrons. The lowest BCUT2D eigenvalue weighted by molar-refractivity contribution is -0.116. The molecule has 0 aliphatic carbocycles. The van der Waals surface area contributed by atoms with Gasteiger partial charge in [-0.3, -0.25) is 4.79 Å². The van der Waals surface area contributed by atoms with Crippen LogP contribution in [0.2, 0.25) is 0 Å². The highest BCUT2D eigenvalue weighted by Gasteiger charge is 2.21. The lowest BCUT2D eigenvalue weighted by atomic mass is 10.0. The summed E-state index contributed by atoms with van der Waals surface area (Å²) in [6.45, 7) is 3.96. The van der Waals surface area contributed by atoms with Gasteiger partial charge in [-0.15, -0.1) is 0 Å². The number of methoxy groups -OCH3 is 4. The van der Waals surface area contributed by atoms with Crippen LogP contribution in [-0.2, 0) is 4.79 Å². The third-order valence-electron chi connectivity index (χ3n) is 5.56. The molecule has 0 aliphatic rings. The van der Waals surface area contributed by atoms with Crippen LogP contribution in [0.5, 0.6) is 23.0 Å². The van der Waals surface area contributed by atoms with Crippen LogP contribution in [0.3, 0.4) is 0 Å². The van der Waals surface area contributed by atoms with E-state index in [4.69, 9.17) is 29.2 Å². The first-order valence-corrected chi connectivity index (χ1v) is 10.8. The SMILES string of the molecule is COc1ccc(-c2cnoc2-c2cc(OC)c(OC)c(OC)c2)cc1NC(=O)CC(N)C(C)C. The van der Waals surface area contributed by atoms with Crippen molar-refractivity contribution in [3.8, 4) is 45.4 Å². The van der Waals surface area contributed by atoms with E-state index >= 15 is 0 Å². The van der Waals surface area contributed by atoms with Gasteiger partial charge in [0.15, 0.2) is 17.3 Å². The monoisotopic (exact) mass is 469 g/mol. The summed E-state index contributed by atoms with van der Waals surface area (Å²) < 4.78 is 27.4. The summed E-state index contributed by atoms with van der Waals surface area (Å²) in [5, 5.41) is 6.91. The highest BCUT2D eigenvalue weighted by molar-refractivity contribution is 5.94. The number of benzene rings is 2. The Morgan fingerprint density at radius 2 is 1.62 bits per heavy atom. The van der Waals surface area contributed by atoms with Gasteiger partial charge < -0.3 is 34.5 Å². The number of hydrogen-bond acceptors (Lipinski definition) is 8. The molecule has 34 heavy (non-hydrogen) atoms. The normalized spacial score (nSPS) is 11.8. The minimum atomic E-state index is -0.237.